The van der Waals surface area contributed by atoms with Crippen LogP contribution in [0.1, 0.15) is 19.3 Å². The van der Waals surface area contributed by atoms with Gasteiger partial charge in [0.25, 0.3) is 0 Å². The first-order valence-corrected chi connectivity index (χ1v) is 8.33. The Bertz CT molecular complexity index is 161. The monoisotopic (exact) mass is 248 g/mol. The van der Waals surface area contributed by atoms with Crippen molar-refractivity contribution in [2.45, 2.75) is 31.3 Å². The Labute approximate surface area is 103 Å². The Morgan fingerprint density at radius 3 is 2.93 bits per heavy atom. The minimum Gasteiger partial charge on any atom is -0.329 e. The number of likely N-dealkylation sites (N-methyl/N-ethyl adjacent to an activating group) is 1. The molecule has 90 valence electrons. The number of thioether (sulfide) groups is 2. The van der Waals surface area contributed by atoms with Gasteiger partial charge in [-0.1, -0.05) is 0 Å². The summed E-state index contributed by atoms with van der Waals surface area (Å²) in [5.41, 5.74) is 5.87. The number of nitrogens with zero attached hydrogens (tertiary/aromatic N) is 1. The van der Waals surface area contributed by atoms with Crippen LogP contribution in [-0.2, 0) is 0 Å². The average molecular weight is 248 g/mol. The summed E-state index contributed by atoms with van der Waals surface area (Å²) in [4.78, 5) is 2.53. The third-order valence-corrected chi connectivity index (χ3v) is 5.06. The Kier molecular flexibility index (Phi) is 7.14. The lowest BCUT2D eigenvalue weighted by molar-refractivity contribution is 0.182. The van der Waals surface area contributed by atoms with Crippen molar-refractivity contribution in [2.24, 2.45) is 5.73 Å². The van der Waals surface area contributed by atoms with E-state index in [9.17, 15) is 0 Å². The summed E-state index contributed by atoms with van der Waals surface area (Å²) < 4.78 is 0. The number of hydrogen-bond acceptors (Lipinski definition) is 4. The molecule has 2 N–H and O–H groups in total. The highest BCUT2D eigenvalue weighted by Gasteiger charge is 2.24. The van der Waals surface area contributed by atoms with E-state index in [0.717, 1.165) is 12.6 Å². The third-order valence-electron chi connectivity index (χ3n) is 3.22. The molecule has 2 unspecified atom stereocenters. The normalized spacial score (nSPS) is 23.6. The molecule has 0 amide bonds. The van der Waals surface area contributed by atoms with Crippen LogP contribution >= 0.6 is 23.5 Å². The maximum Gasteiger partial charge on any atom is 0.0218 e. The van der Waals surface area contributed by atoms with Crippen molar-refractivity contribution in [3.8, 4) is 0 Å². The van der Waals surface area contributed by atoms with Gasteiger partial charge >= 0.3 is 0 Å². The van der Waals surface area contributed by atoms with Crippen molar-refractivity contribution >= 4 is 23.5 Å². The van der Waals surface area contributed by atoms with Gasteiger partial charge in [-0.25, -0.2) is 0 Å². The van der Waals surface area contributed by atoms with Gasteiger partial charge in [0.05, 0.1) is 0 Å². The van der Waals surface area contributed by atoms with E-state index in [0.29, 0.717) is 6.04 Å². The zero-order valence-corrected chi connectivity index (χ0v) is 11.6. The molecule has 15 heavy (non-hydrogen) atoms. The highest BCUT2D eigenvalue weighted by Crippen LogP contribution is 2.23. The zero-order valence-electron chi connectivity index (χ0n) is 9.95. The fraction of sp³-hybridized carbons (Fsp3) is 1.00. The molecular formula is C11H24N2S2. The maximum absolute atomic E-state index is 5.87. The van der Waals surface area contributed by atoms with Crippen LogP contribution in [0.2, 0.25) is 0 Å². The van der Waals surface area contributed by atoms with Crippen LogP contribution in [0.15, 0.2) is 0 Å². The van der Waals surface area contributed by atoms with Crippen molar-refractivity contribution in [1.29, 1.82) is 0 Å². The van der Waals surface area contributed by atoms with Crippen LogP contribution in [0.25, 0.3) is 0 Å². The Morgan fingerprint density at radius 2 is 2.40 bits per heavy atom. The first-order valence-electron chi connectivity index (χ1n) is 5.78. The van der Waals surface area contributed by atoms with Gasteiger partial charge in [-0.3, -0.25) is 4.90 Å². The van der Waals surface area contributed by atoms with E-state index in [1.807, 2.05) is 11.8 Å². The Morgan fingerprint density at radius 1 is 1.60 bits per heavy atom. The van der Waals surface area contributed by atoms with Crippen LogP contribution in [-0.4, -0.2) is 54.1 Å². The second kappa shape index (κ2) is 7.82. The molecule has 0 radical (unpaired) electrons. The summed E-state index contributed by atoms with van der Waals surface area (Å²) in [6, 6.07) is 1.37. The van der Waals surface area contributed by atoms with Crippen LogP contribution in [0.5, 0.6) is 0 Å². The molecule has 0 bridgehead atoms. The zero-order chi connectivity index (χ0) is 11.1. The predicted molar refractivity (Wildman–Crippen MR) is 74.0 cm³/mol. The first-order chi connectivity index (χ1) is 7.29. The largest absolute Gasteiger partial charge is 0.329 e. The first kappa shape index (κ1) is 13.7. The van der Waals surface area contributed by atoms with Gasteiger partial charge in [-0.05, 0) is 44.1 Å². The fourth-order valence-corrected chi connectivity index (χ4v) is 3.83. The second-order valence-corrected chi connectivity index (χ2v) is 6.34. The summed E-state index contributed by atoms with van der Waals surface area (Å²) in [6.45, 7) is 0.812. The summed E-state index contributed by atoms with van der Waals surface area (Å²) in [5.74, 6) is 3.90. The number of hydrogen-bond donors (Lipinski definition) is 1. The van der Waals surface area contributed by atoms with Gasteiger partial charge in [0, 0.05) is 24.4 Å². The topological polar surface area (TPSA) is 29.3 Å². The van der Waals surface area contributed by atoms with E-state index >= 15 is 0 Å². The smallest absolute Gasteiger partial charge is 0.0218 e. The van der Waals surface area contributed by atoms with Gasteiger partial charge in [0.15, 0.2) is 0 Å². The van der Waals surface area contributed by atoms with Crippen molar-refractivity contribution in [1.82, 2.24) is 4.90 Å². The van der Waals surface area contributed by atoms with Crippen LogP contribution in [0.3, 0.4) is 0 Å². The summed E-state index contributed by atoms with van der Waals surface area (Å²) in [6.07, 6.45) is 6.08. The summed E-state index contributed by atoms with van der Waals surface area (Å²) >= 11 is 4.01. The van der Waals surface area contributed by atoms with E-state index < -0.39 is 0 Å². The lowest BCUT2D eigenvalue weighted by atomic mass is 10.1. The van der Waals surface area contributed by atoms with Crippen molar-refractivity contribution < 1.29 is 0 Å². The lowest BCUT2D eigenvalue weighted by Gasteiger charge is -2.32. The standard InChI is InChI=1S/C11H24N2S2/c1-13(11-5-7-15-9-11)10(8-12)4-3-6-14-2/h10-11H,3-9,12H2,1-2H3. The molecule has 0 aromatic rings. The molecule has 1 fully saturated rings. The van der Waals surface area contributed by atoms with Crippen LogP contribution in [0.4, 0.5) is 0 Å². The molecule has 1 rings (SSSR count). The van der Waals surface area contributed by atoms with E-state index in [1.165, 1.54) is 36.5 Å². The molecule has 2 atom stereocenters. The molecule has 0 aromatic carbocycles. The summed E-state index contributed by atoms with van der Waals surface area (Å²) in [5, 5.41) is 0. The van der Waals surface area contributed by atoms with E-state index in [-0.39, 0.29) is 0 Å². The minimum absolute atomic E-state index is 0.598. The number of nitrogens with two attached hydrogens (primary N) is 1. The van der Waals surface area contributed by atoms with Crippen molar-refractivity contribution in [3.05, 3.63) is 0 Å². The molecule has 1 saturated heterocycles. The maximum atomic E-state index is 5.87. The van der Waals surface area contributed by atoms with Crippen LogP contribution < -0.4 is 5.73 Å². The molecule has 0 saturated carbocycles. The molecule has 4 heteroatoms. The van der Waals surface area contributed by atoms with Crippen molar-refractivity contribution in [3.63, 3.8) is 0 Å². The highest BCUT2D eigenvalue weighted by molar-refractivity contribution is 7.99. The van der Waals surface area contributed by atoms with Crippen LogP contribution in [0, 0.1) is 0 Å². The Balaban J connectivity index is 2.28. The molecular weight excluding hydrogens is 224 g/mol. The molecule has 1 heterocycles. The van der Waals surface area contributed by atoms with E-state index in [2.05, 4.69) is 30.0 Å². The lowest BCUT2D eigenvalue weighted by Crippen LogP contribution is -2.44. The minimum atomic E-state index is 0.598. The quantitative estimate of drug-likeness (QED) is 0.697. The van der Waals surface area contributed by atoms with Gasteiger partial charge < -0.3 is 5.73 Å². The average Bonchev–Trinajstić information content (AvgIpc) is 2.77. The van der Waals surface area contributed by atoms with Gasteiger partial charge in [0.2, 0.25) is 0 Å². The third kappa shape index (κ3) is 4.55. The van der Waals surface area contributed by atoms with Gasteiger partial charge in [-0.15, -0.1) is 0 Å². The molecule has 1 aliphatic heterocycles. The van der Waals surface area contributed by atoms with Gasteiger partial charge in [0.1, 0.15) is 0 Å². The van der Waals surface area contributed by atoms with E-state index in [4.69, 9.17) is 5.73 Å². The second-order valence-electron chi connectivity index (χ2n) is 4.21. The molecule has 0 aliphatic carbocycles. The summed E-state index contributed by atoms with van der Waals surface area (Å²) in [7, 11) is 2.26. The van der Waals surface area contributed by atoms with Gasteiger partial charge in [-0.2, -0.15) is 23.5 Å². The molecule has 1 aliphatic rings. The Hall–Kier alpha value is 0.620. The molecule has 0 aromatic heterocycles. The van der Waals surface area contributed by atoms with E-state index in [1.54, 1.807) is 0 Å². The molecule has 2 nitrogen and oxygen atoms in total. The fourth-order valence-electron chi connectivity index (χ4n) is 2.09. The SMILES string of the molecule is CSCCCC(CN)N(C)C1CCSC1. The van der Waals surface area contributed by atoms with Crippen molar-refractivity contribution in [2.75, 3.05) is 37.1 Å². The predicted octanol–water partition coefficient (Wildman–Crippen LogP) is 1.89. The molecule has 0 spiro atoms. The highest BCUT2D eigenvalue weighted by atomic mass is 32.2. The number of rotatable bonds is 7.